The zero-order chi connectivity index (χ0) is 18.9. The van der Waals surface area contributed by atoms with E-state index in [0.29, 0.717) is 31.9 Å². The molecule has 0 aromatic carbocycles. The summed E-state index contributed by atoms with van der Waals surface area (Å²) in [5, 5.41) is 6.30. The molecule has 0 radical (unpaired) electrons. The van der Waals surface area contributed by atoms with Crippen LogP contribution in [0.3, 0.4) is 0 Å². The number of likely N-dealkylation sites (tertiary alicyclic amines) is 1. The topological polar surface area (TPSA) is 86.8 Å². The highest BCUT2D eigenvalue weighted by atomic mass is 16.6. The number of carbonyl (C=O) groups is 2. The summed E-state index contributed by atoms with van der Waals surface area (Å²) < 4.78 is 5.03. The summed E-state index contributed by atoms with van der Waals surface area (Å²) in [6, 6.07) is 3.88. The van der Waals surface area contributed by atoms with Crippen LogP contribution in [0.1, 0.15) is 30.3 Å². The van der Waals surface area contributed by atoms with Crippen LogP contribution < -0.4 is 10.6 Å². The lowest BCUT2D eigenvalue weighted by atomic mass is 10.1. The van der Waals surface area contributed by atoms with E-state index in [-0.39, 0.29) is 18.0 Å². The number of anilines is 1. The third-order valence-corrected chi connectivity index (χ3v) is 4.23. The monoisotopic (exact) mass is 363 g/mol. The fourth-order valence-electron chi connectivity index (χ4n) is 2.78. The lowest BCUT2D eigenvalue weighted by molar-refractivity contribution is 0.0944. The summed E-state index contributed by atoms with van der Waals surface area (Å²) in [5.74, 6) is -0.173. The number of carbonyl (C=O) groups excluding carboxylic acids is 2. The second-order valence-electron chi connectivity index (χ2n) is 6.59. The fourth-order valence-corrected chi connectivity index (χ4v) is 2.78. The largest absolute Gasteiger partial charge is 0.450 e. The van der Waals surface area contributed by atoms with Crippen molar-refractivity contribution in [2.75, 3.05) is 52.2 Å². The van der Waals surface area contributed by atoms with Gasteiger partial charge in [-0.25, -0.2) is 4.79 Å². The smallest absolute Gasteiger partial charge is 0.409 e. The van der Waals surface area contributed by atoms with Crippen molar-refractivity contribution in [3.8, 4) is 0 Å². The van der Waals surface area contributed by atoms with Crippen LogP contribution in [0.4, 0.5) is 10.5 Å². The van der Waals surface area contributed by atoms with Crippen LogP contribution in [0.2, 0.25) is 0 Å². The molecular weight excluding hydrogens is 334 g/mol. The van der Waals surface area contributed by atoms with Gasteiger partial charge in [0.2, 0.25) is 0 Å². The fraction of sp³-hybridized carbons (Fsp3) is 0.611. The number of rotatable bonds is 7. The van der Waals surface area contributed by atoms with Gasteiger partial charge in [-0.1, -0.05) is 0 Å². The molecule has 0 aliphatic carbocycles. The summed E-state index contributed by atoms with van der Waals surface area (Å²) in [5.41, 5.74) is 1.27. The standard InChI is InChI=1S/C18H29N5O3/c1-4-26-18(25)23-10-6-14(7-11-23)21-15-5-8-19-16(13-15)17(24)20-9-12-22(2)3/h5,8,13-14H,4,6-7,9-12H2,1-3H3,(H,19,21)(H,20,24). The minimum atomic E-state index is -0.244. The molecule has 2 heterocycles. The number of hydrogen-bond acceptors (Lipinski definition) is 6. The molecule has 1 saturated heterocycles. The first-order valence-electron chi connectivity index (χ1n) is 9.06. The number of amides is 2. The number of hydrogen-bond donors (Lipinski definition) is 2. The molecule has 8 nitrogen and oxygen atoms in total. The molecule has 2 N–H and O–H groups in total. The van der Waals surface area contributed by atoms with Crippen LogP contribution in [-0.2, 0) is 4.74 Å². The molecule has 0 bridgehead atoms. The first-order valence-corrected chi connectivity index (χ1v) is 9.06. The Bertz CT molecular complexity index is 600. The maximum Gasteiger partial charge on any atom is 0.409 e. The Morgan fingerprint density at radius 1 is 1.35 bits per heavy atom. The summed E-state index contributed by atoms with van der Waals surface area (Å²) in [6.45, 7) is 4.90. The van der Waals surface area contributed by atoms with Crippen molar-refractivity contribution in [2.24, 2.45) is 0 Å². The molecule has 0 atom stereocenters. The molecule has 144 valence electrons. The highest BCUT2D eigenvalue weighted by molar-refractivity contribution is 5.93. The van der Waals surface area contributed by atoms with E-state index < -0.39 is 0 Å². The van der Waals surface area contributed by atoms with Gasteiger partial charge in [0, 0.05) is 44.1 Å². The molecule has 0 unspecified atom stereocenters. The third-order valence-electron chi connectivity index (χ3n) is 4.23. The predicted octanol–water partition coefficient (Wildman–Crippen LogP) is 1.41. The normalized spacial score (nSPS) is 15.0. The van der Waals surface area contributed by atoms with Crippen molar-refractivity contribution < 1.29 is 14.3 Å². The van der Waals surface area contributed by atoms with E-state index in [0.717, 1.165) is 25.1 Å². The van der Waals surface area contributed by atoms with Crippen LogP contribution >= 0.6 is 0 Å². The summed E-state index contributed by atoms with van der Waals surface area (Å²) in [6.07, 6.45) is 3.07. The summed E-state index contributed by atoms with van der Waals surface area (Å²) in [7, 11) is 3.92. The number of likely N-dealkylation sites (N-methyl/N-ethyl adjacent to an activating group) is 1. The molecule has 2 amide bonds. The van der Waals surface area contributed by atoms with Gasteiger partial charge in [-0.2, -0.15) is 0 Å². The van der Waals surface area contributed by atoms with Crippen LogP contribution in [0.5, 0.6) is 0 Å². The Morgan fingerprint density at radius 3 is 2.73 bits per heavy atom. The number of pyridine rings is 1. The van der Waals surface area contributed by atoms with Gasteiger partial charge < -0.3 is 25.2 Å². The van der Waals surface area contributed by atoms with E-state index in [1.165, 1.54) is 0 Å². The van der Waals surface area contributed by atoms with E-state index in [4.69, 9.17) is 4.74 Å². The summed E-state index contributed by atoms with van der Waals surface area (Å²) in [4.78, 5) is 31.8. The molecular formula is C18H29N5O3. The van der Waals surface area contributed by atoms with E-state index in [9.17, 15) is 9.59 Å². The van der Waals surface area contributed by atoms with Crippen LogP contribution in [0.15, 0.2) is 18.3 Å². The second-order valence-corrected chi connectivity index (χ2v) is 6.59. The average Bonchev–Trinajstić information content (AvgIpc) is 2.62. The molecule has 2 rings (SSSR count). The van der Waals surface area contributed by atoms with Gasteiger partial charge in [-0.3, -0.25) is 9.78 Å². The van der Waals surface area contributed by atoms with Gasteiger partial charge in [-0.15, -0.1) is 0 Å². The van der Waals surface area contributed by atoms with Gasteiger partial charge in [0.15, 0.2) is 0 Å². The maximum absolute atomic E-state index is 12.2. The van der Waals surface area contributed by atoms with E-state index in [2.05, 4.69) is 15.6 Å². The molecule has 26 heavy (non-hydrogen) atoms. The Hall–Kier alpha value is -2.35. The van der Waals surface area contributed by atoms with Crippen LogP contribution in [0.25, 0.3) is 0 Å². The summed E-state index contributed by atoms with van der Waals surface area (Å²) >= 11 is 0. The van der Waals surface area contributed by atoms with Crippen molar-refractivity contribution in [2.45, 2.75) is 25.8 Å². The van der Waals surface area contributed by atoms with Crippen molar-refractivity contribution in [1.29, 1.82) is 0 Å². The molecule has 8 heteroatoms. The minimum Gasteiger partial charge on any atom is -0.450 e. The highest BCUT2D eigenvalue weighted by Gasteiger charge is 2.23. The average molecular weight is 363 g/mol. The Kier molecular flexibility index (Phi) is 7.65. The molecule has 0 spiro atoms. The van der Waals surface area contributed by atoms with Gasteiger partial charge in [0.05, 0.1) is 6.61 Å². The third kappa shape index (κ3) is 6.18. The quantitative estimate of drug-likeness (QED) is 0.762. The molecule has 1 fully saturated rings. The molecule has 1 aliphatic heterocycles. The van der Waals surface area contributed by atoms with Gasteiger partial charge in [0.1, 0.15) is 5.69 Å². The van der Waals surface area contributed by atoms with Crippen LogP contribution in [-0.4, -0.2) is 79.7 Å². The number of aromatic nitrogens is 1. The van der Waals surface area contributed by atoms with Crippen molar-refractivity contribution in [3.63, 3.8) is 0 Å². The van der Waals surface area contributed by atoms with Gasteiger partial charge in [0.25, 0.3) is 5.91 Å². The lowest BCUT2D eigenvalue weighted by Crippen LogP contribution is -2.42. The molecule has 1 aliphatic rings. The first-order chi connectivity index (χ1) is 12.5. The van der Waals surface area contributed by atoms with Crippen molar-refractivity contribution in [3.05, 3.63) is 24.0 Å². The molecule has 1 aromatic heterocycles. The van der Waals surface area contributed by atoms with Crippen molar-refractivity contribution >= 4 is 17.7 Å². The zero-order valence-corrected chi connectivity index (χ0v) is 15.8. The van der Waals surface area contributed by atoms with E-state index in [1.54, 1.807) is 17.2 Å². The van der Waals surface area contributed by atoms with E-state index >= 15 is 0 Å². The van der Waals surface area contributed by atoms with Gasteiger partial charge >= 0.3 is 6.09 Å². The number of ether oxygens (including phenoxy) is 1. The Balaban J connectivity index is 1.83. The van der Waals surface area contributed by atoms with E-state index in [1.807, 2.05) is 32.0 Å². The van der Waals surface area contributed by atoms with Crippen LogP contribution in [0, 0.1) is 0 Å². The van der Waals surface area contributed by atoms with Gasteiger partial charge in [-0.05, 0) is 46.0 Å². The lowest BCUT2D eigenvalue weighted by Gasteiger charge is -2.32. The molecule has 1 aromatic rings. The van der Waals surface area contributed by atoms with Crippen molar-refractivity contribution in [1.82, 2.24) is 20.1 Å². The number of nitrogens with zero attached hydrogens (tertiary/aromatic N) is 3. The second kappa shape index (κ2) is 9.96. The minimum absolute atomic E-state index is 0.173. The first kappa shape index (κ1) is 20.0. The maximum atomic E-state index is 12.2. The number of nitrogens with one attached hydrogen (secondary N) is 2. The zero-order valence-electron chi connectivity index (χ0n) is 15.8. The SMILES string of the molecule is CCOC(=O)N1CCC(Nc2ccnc(C(=O)NCCN(C)C)c2)CC1. The predicted molar refractivity (Wildman–Crippen MR) is 100 cm³/mol. The highest BCUT2D eigenvalue weighted by Crippen LogP contribution is 2.17. The Labute approximate surface area is 154 Å². The Morgan fingerprint density at radius 2 is 2.08 bits per heavy atom. The number of piperidine rings is 1. The molecule has 0 saturated carbocycles.